The Labute approximate surface area is 791 Å². The number of benzene rings is 2. The first-order valence-electron chi connectivity index (χ1n) is 41.6. The predicted octanol–water partition coefficient (Wildman–Crippen LogP) is 18.8. The SMILES string of the molecule is CC(=O)C(F)F.CC(C)(CC(=O)O)C(F)F.CC(C)(CC(C#N)NCc1ccccc1)C(F)F.CC(C)(CC(N)C(=O)O)C(F)F.CC(C)(CC(NCc1ccccc1)C(=O)O)C(F)F.CC(C)(CC=O)C(F)F.CCOC.CCOC(=O)C(C(=O)OCC)=C(C)C(F)F.CCOC(=O)C(C(=O)OCC)C(C)(C)C(F)F.CCOC(=O)CC(=O)OCC.CON(C)C(=O)CC(C)(C)C(F)F.Cl. The van der Waals surface area contributed by atoms with Crippen LogP contribution in [0.2, 0.25) is 0 Å². The zero-order chi connectivity index (χ0) is 108. The Morgan fingerprint density at radius 1 is 0.456 bits per heavy atom. The number of carbonyl (C=O) groups excluding carboxylic acids is 9. The molecule has 0 aliphatic heterocycles. The zero-order valence-corrected chi connectivity index (χ0v) is 82.7. The highest BCUT2D eigenvalue weighted by atomic mass is 35.5. The summed E-state index contributed by atoms with van der Waals surface area (Å²) in [5.41, 5.74) is -3.80. The van der Waals surface area contributed by atoms with Crippen molar-refractivity contribution in [1.29, 1.82) is 5.26 Å². The van der Waals surface area contributed by atoms with Crippen LogP contribution in [-0.2, 0) is 109 Å². The van der Waals surface area contributed by atoms with Gasteiger partial charge < -0.3 is 64.3 Å². The molecule has 3 unspecified atom stereocenters. The first-order valence-corrected chi connectivity index (χ1v) is 41.6. The molecule has 0 heterocycles. The van der Waals surface area contributed by atoms with E-state index >= 15 is 0 Å². The summed E-state index contributed by atoms with van der Waals surface area (Å²) in [5, 5.41) is 41.4. The van der Waals surface area contributed by atoms with E-state index in [-0.39, 0.29) is 90.6 Å². The molecule has 1 amide bonds. The number of esters is 6. The van der Waals surface area contributed by atoms with Gasteiger partial charge in [-0.15, -0.1) is 12.4 Å². The van der Waals surface area contributed by atoms with Gasteiger partial charge in [-0.05, 0) is 85.8 Å². The van der Waals surface area contributed by atoms with Gasteiger partial charge in [0.2, 0.25) is 50.9 Å². The van der Waals surface area contributed by atoms with Crippen molar-refractivity contribution in [3.8, 4) is 6.07 Å². The Kier molecular flexibility index (Phi) is 84.7. The van der Waals surface area contributed by atoms with Gasteiger partial charge in [0.1, 0.15) is 30.4 Å². The van der Waals surface area contributed by atoms with E-state index in [2.05, 4.69) is 48.6 Å². The van der Waals surface area contributed by atoms with Gasteiger partial charge in [-0.2, -0.15) is 5.26 Å². The first-order chi connectivity index (χ1) is 61.7. The fraction of sp³-hybridized carbons (Fsp3) is 0.697. The Hall–Kier alpha value is -9.46. The van der Waals surface area contributed by atoms with Gasteiger partial charge in [0, 0.05) is 97.1 Å². The number of hydrogen-bond acceptors (Lipinski definition) is 24. The molecule has 136 heavy (non-hydrogen) atoms. The minimum atomic E-state index is -2.90. The van der Waals surface area contributed by atoms with Crippen molar-refractivity contribution in [2.45, 2.75) is 293 Å². The molecule has 2 aromatic carbocycles. The molecule has 47 heteroatoms. The number of carboxylic acids is 3. The first kappa shape index (κ1) is 147. The molecule has 0 spiro atoms. The second kappa shape index (κ2) is 78.5. The number of carboxylic acid groups (broad SMARTS) is 3. The van der Waals surface area contributed by atoms with Crippen molar-refractivity contribution in [2.75, 3.05) is 67.5 Å². The third-order valence-corrected chi connectivity index (χ3v) is 17.3. The highest BCUT2D eigenvalue weighted by molar-refractivity contribution is 6.14. The fourth-order valence-electron chi connectivity index (χ4n) is 8.25. The smallest absolute Gasteiger partial charge is 0.345 e. The summed E-state index contributed by atoms with van der Waals surface area (Å²) in [6.07, 6.45) is -24.3. The highest BCUT2D eigenvalue weighted by Gasteiger charge is 2.49. The lowest BCUT2D eigenvalue weighted by atomic mass is 9.79. The maximum absolute atomic E-state index is 12.8. The molecule has 0 saturated heterocycles. The summed E-state index contributed by atoms with van der Waals surface area (Å²) < 4.78 is 252. The van der Waals surface area contributed by atoms with Gasteiger partial charge in [0.25, 0.3) is 12.9 Å². The molecule has 0 aliphatic rings. The van der Waals surface area contributed by atoms with E-state index in [1.807, 2.05) is 73.7 Å². The van der Waals surface area contributed by atoms with E-state index in [1.165, 1.54) is 125 Å². The monoisotopic (exact) mass is 2030 g/mol. The number of ketones is 1. The molecule has 0 aliphatic carbocycles. The largest absolute Gasteiger partial charge is 0.481 e. The molecular formula is C89H142ClF18N5O23. The van der Waals surface area contributed by atoms with E-state index in [4.69, 9.17) is 26.3 Å². The molecule has 0 fully saturated rings. The highest BCUT2D eigenvalue weighted by Crippen LogP contribution is 2.37. The number of carbonyl (C=O) groups is 12. The van der Waals surface area contributed by atoms with Gasteiger partial charge in [0.05, 0.1) is 65.3 Å². The van der Waals surface area contributed by atoms with Crippen LogP contribution in [0.4, 0.5) is 79.0 Å². The van der Waals surface area contributed by atoms with Crippen LogP contribution in [0.5, 0.6) is 0 Å². The van der Waals surface area contributed by atoms with E-state index in [1.54, 1.807) is 21.0 Å². The molecule has 0 radical (unpaired) electrons. The van der Waals surface area contributed by atoms with E-state index in [0.29, 0.717) is 19.4 Å². The summed E-state index contributed by atoms with van der Waals surface area (Å²) in [6, 6.07) is 18.1. The predicted molar refractivity (Wildman–Crippen MR) is 471 cm³/mol. The number of nitriles is 1. The molecule has 7 N–H and O–H groups in total. The molecule has 0 saturated carbocycles. The van der Waals surface area contributed by atoms with Gasteiger partial charge >= 0.3 is 53.7 Å². The Morgan fingerprint density at radius 3 is 1.03 bits per heavy atom. The standard InChI is InChI=1S/C14H18F2N2.C14H19F2NO2.C11H18F2O4.C10H14F2O4.C8H15F2NO2.C7H13F2NO2.C7H12O4.C6H10F2O2.C6H10F2O.C3H4F2O.C3H8O.ClH/c1-14(2,13(15)16)8-12(9-17)18-10-11-6-4-3-5-7-11;1-14(2,13(15)16)8-11(12(18)19)17-9-10-6-4-3-5-7-10;1-5-16-8(14)7(9(15)17-6-2)11(3,4)10(12)13;1-4-15-9(13)7(6(3)8(11)12)10(14)16-5-2;1-8(2,7(9)10)5-6(12)11(3)13-4;1-7(2,6(8)9)3-4(10)5(11)12;1-3-10-6(8)5-7(9)11-4-2;1-6(2,5(7)8)3-4(9)10;1-6(2,3-4-9)5(7)8;1-2(6)3(4)5;1-3-4-2;/h3-7,12-13,18H,8,10H2,1-2H3;3-7,11,13,17H,8-9H2,1-2H3,(H,18,19);7,10H,5-6H2,1-4H3;8H,4-5H2,1-3H3;7H,5H2,1-4H3;4,6H,3,10H2,1-2H3,(H,11,12);3-5H2,1-2H3;5H,3H2,1-2H3,(H,9,10);4-5H,3H2,1-2H3;3H,1H3;3H2,1-2H3;1H. The lowest BCUT2D eigenvalue weighted by Gasteiger charge is -2.29. The number of alkyl halides is 18. The van der Waals surface area contributed by atoms with Crippen LogP contribution in [0.15, 0.2) is 71.8 Å². The normalized spacial score (nSPS) is 11.8. The minimum Gasteiger partial charge on any atom is -0.481 e. The van der Waals surface area contributed by atoms with Crippen molar-refractivity contribution in [2.24, 2.45) is 49.6 Å². The summed E-state index contributed by atoms with van der Waals surface area (Å²) in [5.74, 6) is -11.9. The lowest BCUT2D eigenvalue weighted by Crippen LogP contribution is -2.43. The Balaban J connectivity index is -0.000000163. The molecule has 2 rings (SSSR count). The van der Waals surface area contributed by atoms with Crippen LogP contribution in [-0.4, -0.2) is 236 Å². The minimum absolute atomic E-state index is 0. The number of halogens is 19. The van der Waals surface area contributed by atoms with Crippen molar-refractivity contribution in [1.82, 2.24) is 15.7 Å². The second-order valence-corrected chi connectivity index (χ2v) is 32.9. The van der Waals surface area contributed by atoms with Gasteiger partial charge in [-0.25, -0.2) is 93.7 Å². The number of amides is 1. The average molecular weight is 2030 g/mol. The Morgan fingerprint density at radius 2 is 0.779 bits per heavy atom. The quantitative estimate of drug-likeness (QED) is 0.00524. The third-order valence-electron chi connectivity index (χ3n) is 17.3. The maximum Gasteiger partial charge on any atom is 0.345 e. The van der Waals surface area contributed by atoms with Crippen LogP contribution in [0, 0.1) is 55.2 Å². The van der Waals surface area contributed by atoms with Crippen LogP contribution in [0.3, 0.4) is 0 Å². The number of nitrogens with two attached hydrogens (primary N) is 1. The fourth-order valence-corrected chi connectivity index (χ4v) is 8.25. The van der Waals surface area contributed by atoms with Gasteiger partial charge in [-0.1, -0.05) is 158 Å². The van der Waals surface area contributed by atoms with E-state index in [0.717, 1.165) is 50.5 Å². The number of methoxy groups -OCH3 is 1. The van der Waals surface area contributed by atoms with Crippen molar-refractivity contribution in [3.63, 3.8) is 0 Å². The average Bonchev–Trinajstić information content (AvgIpc) is 0.807. The number of aldehydes is 1. The summed E-state index contributed by atoms with van der Waals surface area (Å²) >= 11 is 0. The van der Waals surface area contributed by atoms with Crippen LogP contribution in [0.1, 0.15) is 215 Å². The summed E-state index contributed by atoms with van der Waals surface area (Å²) in [4.78, 5) is 133. The number of nitrogens with one attached hydrogen (secondary N) is 2. The number of Topliss-reactive ketones (excluding diaryl/α,β-unsaturated/α-hetero) is 1. The number of hydroxylamine groups is 2. The van der Waals surface area contributed by atoms with Crippen LogP contribution in [0.25, 0.3) is 0 Å². The van der Waals surface area contributed by atoms with Gasteiger partial charge in [-0.3, -0.25) is 53.3 Å². The van der Waals surface area contributed by atoms with E-state index in [9.17, 15) is 137 Å². The zero-order valence-electron chi connectivity index (χ0n) is 81.9. The molecular weight excluding hydrogens is 1880 g/mol. The van der Waals surface area contributed by atoms with Crippen LogP contribution >= 0.6 is 12.4 Å². The molecule has 0 bridgehead atoms. The van der Waals surface area contributed by atoms with Crippen molar-refractivity contribution in [3.05, 3.63) is 82.9 Å². The molecule has 28 nitrogen and oxygen atoms in total. The second-order valence-electron chi connectivity index (χ2n) is 32.9. The topological polar surface area (TPSA) is 416 Å². The molecule has 2 aromatic rings. The lowest BCUT2D eigenvalue weighted by molar-refractivity contribution is -0.174. The Bertz CT molecular complexity index is 3650. The number of rotatable bonds is 44. The number of nitrogens with zero attached hydrogens (tertiary/aromatic N) is 2. The number of aliphatic carboxylic acids is 3. The summed E-state index contributed by atoms with van der Waals surface area (Å²) in [6.45, 7) is 34.0. The van der Waals surface area contributed by atoms with E-state index < -0.39 is 203 Å². The molecule has 3 atom stereocenters. The molecule has 0 aromatic heterocycles. The number of allylic oxidation sites excluding steroid dienone is 1. The maximum atomic E-state index is 12.8. The van der Waals surface area contributed by atoms with Crippen molar-refractivity contribution >= 4 is 84.1 Å². The molecule has 794 valence electrons. The van der Waals surface area contributed by atoms with Crippen molar-refractivity contribution < 1.29 is 190 Å². The van der Waals surface area contributed by atoms with Gasteiger partial charge in [0.15, 0.2) is 11.7 Å². The third kappa shape index (κ3) is 73.7. The van der Waals surface area contributed by atoms with Crippen LogP contribution < -0.4 is 16.4 Å². The number of ether oxygens (including phenoxy) is 7. The number of hydrogen-bond donors (Lipinski definition) is 6. The summed E-state index contributed by atoms with van der Waals surface area (Å²) in [7, 11) is 4.39.